The molecular formula is C27H35BrN2O5. The molecule has 1 aromatic carbocycles. The molecule has 8 heteroatoms. The number of hydrogen-bond acceptors (Lipinski definition) is 7. The van der Waals surface area contributed by atoms with E-state index in [1.165, 1.54) is 0 Å². The third-order valence-corrected chi connectivity index (χ3v) is 6.76. The molecule has 0 amide bonds. The molecule has 1 aliphatic carbocycles. The van der Waals surface area contributed by atoms with Gasteiger partial charge in [-0.05, 0) is 73.2 Å². The molecule has 2 aliphatic rings. The van der Waals surface area contributed by atoms with E-state index in [0.29, 0.717) is 46.1 Å². The first kappa shape index (κ1) is 27.3. The second-order valence-corrected chi connectivity index (χ2v) is 10.1. The van der Waals surface area contributed by atoms with Gasteiger partial charge < -0.3 is 24.6 Å². The number of aliphatic hydroxyl groups excluding tert-OH is 1. The van der Waals surface area contributed by atoms with Crippen LogP contribution in [0, 0.1) is 17.2 Å². The predicted octanol–water partition coefficient (Wildman–Crippen LogP) is 5.14. The number of benzene rings is 1. The Labute approximate surface area is 216 Å². The summed E-state index contributed by atoms with van der Waals surface area (Å²) in [6, 6.07) is 6.14. The van der Waals surface area contributed by atoms with E-state index in [0.717, 1.165) is 36.2 Å². The van der Waals surface area contributed by atoms with Gasteiger partial charge in [0.15, 0.2) is 17.3 Å². The molecule has 0 spiro atoms. The lowest BCUT2D eigenvalue weighted by atomic mass is 9.72. The number of dihydropyridines is 1. The number of nitriles is 1. The molecule has 0 fully saturated rings. The Bertz CT molecular complexity index is 1040. The van der Waals surface area contributed by atoms with Crippen molar-refractivity contribution in [2.45, 2.75) is 65.4 Å². The van der Waals surface area contributed by atoms with Crippen molar-refractivity contribution in [3.63, 3.8) is 0 Å². The normalized spacial score (nSPS) is 20.0. The summed E-state index contributed by atoms with van der Waals surface area (Å²) in [5.41, 5.74) is 3.76. The summed E-state index contributed by atoms with van der Waals surface area (Å²) in [5.74, 6) is 1.04. The molecule has 1 aliphatic heterocycles. The van der Waals surface area contributed by atoms with E-state index in [1.54, 1.807) is 0 Å². The fourth-order valence-electron chi connectivity index (χ4n) is 4.82. The van der Waals surface area contributed by atoms with Crippen molar-refractivity contribution < 1.29 is 24.1 Å². The number of carbonyl (C=O) groups excluding carboxylic acids is 1. The van der Waals surface area contributed by atoms with E-state index in [2.05, 4.69) is 34.2 Å². The zero-order valence-corrected chi connectivity index (χ0v) is 22.5. The number of ketones is 1. The highest BCUT2D eigenvalue weighted by Crippen LogP contribution is 2.47. The molecule has 0 aromatic heterocycles. The zero-order valence-electron chi connectivity index (χ0n) is 20.9. The van der Waals surface area contributed by atoms with Crippen molar-refractivity contribution in [2.24, 2.45) is 5.92 Å². The van der Waals surface area contributed by atoms with Gasteiger partial charge in [0, 0.05) is 23.4 Å². The maximum absolute atomic E-state index is 13.4. The number of halogens is 1. The molecule has 0 saturated carbocycles. The lowest BCUT2D eigenvalue weighted by molar-refractivity contribution is -0.117. The summed E-state index contributed by atoms with van der Waals surface area (Å²) in [7, 11) is 0. The topological polar surface area (TPSA) is 101 Å². The molecule has 0 bridgehead atoms. The summed E-state index contributed by atoms with van der Waals surface area (Å²) in [6.07, 6.45) is 3.26. The van der Waals surface area contributed by atoms with Crippen LogP contribution in [0.5, 0.6) is 11.5 Å². The van der Waals surface area contributed by atoms with Crippen molar-refractivity contribution in [1.82, 2.24) is 5.32 Å². The first-order chi connectivity index (χ1) is 16.8. The summed E-state index contributed by atoms with van der Waals surface area (Å²) in [5, 5.41) is 22.3. The molecule has 0 radical (unpaired) electrons. The number of allylic oxidation sites excluding steroid dienone is 4. The first-order valence-corrected chi connectivity index (χ1v) is 13.1. The van der Waals surface area contributed by atoms with Gasteiger partial charge in [0.25, 0.3) is 0 Å². The highest BCUT2D eigenvalue weighted by molar-refractivity contribution is 9.10. The number of nitrogens with zero attached hydrogens (tertiary/aromatic N) is 1. The summed E-state index contributed by atoms with van der Waals surface area (Å²) < 4.78 is 18.0. The largest absolute Gasteiger partial charge is 0.487 e. The molecule has 190 valence electrons. The smallest absolute Gasteiger partial charge is 0.175 e. The van der Waals surface area contributed by atoms with Crippen LogP contribution in [0.25, 0.3) is 0 Å². The Balaban J connectivity index is 2.03. The number of nitrogens with one attached hydrogen (secondary N) is 1. The van der Waals surface area contributed by atoms with Crippen molar-refractivity contribution >= 4 is 21.7 Å². The van der Waals surface area contributed by atoms with E-state index in [-0.39, 0.29) is 31.7 Å². The summed E-state index contributed by atoms with van der Waals surface area (Å²) in [4.78, 5) is 13.4. The second kappa shape index (κ2) is 12.6. The molecule has 7 nitrogen and oxygen atoms in total. The Morgan fingerprint density at radius 2 is 2.03 bits per heavy atom. The third kappa shape index (κ3) is 6.46. The van der Waals surface area contributed by atoms with Crippen LogP contribution in [0.4, 0.5) is 0 Å². The SMILES string of the molecule is CCCC1CC(=O)C2=C(C1)NC(C)=C(C#N)C2c1cc(Br)c(OCCOCCO)c(OC(C)C)c1. The minimum Gasteiger partial charge on any atom is -0.487 e. The van der Waals surface area contributed by atoms with Crippen LogP contribution in [0.2, 0.25) is 0 Å². The molecule has 3 rings (SSSR count). The van der Waals surface area contributed by atoms with E-state index in [4.69, 9.17) is 19.3 Å². The molecular weight excluding hydrogens is 512 g/mol. The Kier molecular flexibility index (Phi) is 9.79. The highest BCUT2D eigenvalue weighted by Gasteiger charge is 2.39. The van der Waals surface area contributed by atoms with Gasteiger partial charge in [0.2, 0.25) is 0 Å². The highest BCUT2D eigenvalue weighted by atomic mass is 79.9. The van der Waals surface area contributed by atoms with Gasteiger partial charge in [0.1, 0.15) is 6.61 Å². The predicted molar refractivity (Wildman–Crippen MR) is 137 cm³/mol. The second-order valence-electron chi connectivity index (χ2n) is 9.27. The monoisotopic (exact) mass is 546 g/mol. The number of aliphatic hydroxyl groups is 1. The maximum Gasteiger partial charge on any atom is 0.175 e. The summed E-state index contributed by atoms with van der Waals surface area (Å²) >= 11 is 3.63. The zero-order chi connectivity index (χ0) is 25.5. The van der Waals surface area contributed by atoms with Crippen molar-refractivity contribution in [1.29, 1.82) is 5.26 Å². The van der Waals surface area contributed by atoms with Crippen molar-refractivity contribution in [3.8, 4) is 17.6 Å². The van der Waals surface area contributed by atoms with Gasteiger partial charge in [-0.1, -0.05) is 13.3 Å². The fraction of sp³-hybridized carbons (Fsp3) is 0.556. The molecule has 0 saturated heterocycles. The number of carbonyl (C=O) groups is 1. The summed E-state index contributed by atoms with van der Waals surface area (Å²) in [6.45, 7) is 8.73. The Morgan fingerprint density at radius 3 is 2.69 bits per heavy atom. The van der Waals surface area contributed by atoms with Gasteiger partial charge in [-0.15, -0.1) is 0 Å². The number of ether oxygens (including phenoxy) is 3. The molecule has 2 atom stereocenters. The average molecular weight is 547 g/mol. The number of hydrogen-bond donors (Lipinski definition) is 2. The van der Waals surface area contributed by atoms with E-state index < -0.39 is 5.92 Å². The molecule has 1 heterocycles. The van der Waals surface area contributed by atoms with Crippen LogP contribution in [0.3, 0.4) is 0 Å². The standard InChI is InChI=1S/C27H35BrN2O5/c1-5-6-18-11-22-26(23(32)12-18)25(20(15-29)17(4)30-22)19-13-21(28)27(24(14-19)35-16(2)3)34-10-9-33-8-7-31/h13-14,16,18,25,30-31H,5-12H2,1-4H3. The number of Topliss-reactive ketones (excluding diaryl/α,β-unsaturated/α-hetero) is 1. The van der Waals surface area contributed by atoms with E-state index in [9.17, 15) is 10.1 Å². The van der Waals surface area contributed by atoms with Crippen LogP contribution < -0.4 is 14.8 Å². The lowest BCUT2D eigenvalue weighted by Crippen LogP contribution is -2.34. The van der Waals surface area contributed by atoms with Crippen LogP contribution in [0.1, 0.15) is 64.9 Å². The first-order valence-electron chi connectivity index (χ1n) is 12.3. The lowest BCUT2D eigenvalue weighted by Gasteiger charge is -2.35. The van der Waals surface area contributed by atoms with E-state index in [1.807, 2.05) is 32.9 Å². The molecule has 35 heavy (non-hydrogen) atoms. The molecule has 1 aromatic rings. The minimum atomic E-state index is -0.459. The van der Waals surface area contributed by atoms with Crippen LogP contribution in [-0.4, -0.2) is 43.4 Å². The van der Waals surface area contributed by atoms with Crippen molar-refractivity contribution in [3.05, 3.63) is 44.7 Å². The fourth-order valence-corrected chi connectivity index (χ4v) is 5.39. The Hall–Kier alpha value is -2.34. The van der Waals surface area contributed by atoms with Crippen molar-refractivity contribution in [2.75, 3.05) is 26.4 Å². The number of rotatable bonds is 11. The van der Waals surface area contributed by atoms with Gasteiger partial charge in [-0.3, -0.25) is 4.79 Å². The quantitative estimate of drug-likeness (QED) is 0.370. The minimum absolute atomic E-state index is 0.0414. The van der Waals surface area contributed by atoms with Crippen LogP contribution >= 0.6 is 15.9 Å². The van der Waals surface area contributed by atoms with Gasteiger partial charge in [-0.2, -0.15) is 5.26 Å². The van der Waals surface area contributed by atoms with Gasteiger partial charge in [0.05, 0.1) is 48.0 Å². The molecule has 2 unspecified atom stereocenters. The Morgan fingerprint density at radius 1 is 1.26 bits per heavy atom. The maximum atomic E-state index is 13.4. The van der Waals surface area contributed by atoms with Gasteiger partial charge >= 0.3 is 0 Å². The average Bonchev–Trinajstić information content (AvgIpc) is 2.79. The van der Waals surface area contributed by atoms with Gasteiger partial charge in [-0.25, -0.2) is 0 Å². The van der Waals surface area contributed by atoms with Crippen LogP contribution in [0.15, 0.2) is 39.1 Å². The van der Waals surface area contributed by atoms with E-state index >= 15 is 0 Å². The third-order valence-electron chi connectivity index (χ3n) is 6.17. The van der Waals surface area contributed by atoms with Crippen LogP contribution in [-0.2, 0) is 9.53 Å². The molecule has 2 N–H and O–H groups in total.